The average Bonchev–Trinajstić information content (AvgIpc) is 3.31. The van der Waals surface area contributed by atoms with Gasteiger partial charge in [0.25, 0.3) is 0 Å². The monoisotopic (exact) mass is 471 g/mol. The van der Waals surface area contributed by atoms with Crippen molar-refractivity contribution in [3.8, 4) is 0 Å². The summed E-state index contributed by atoms with van der Waals surface area (Å²) in [6.07, 6.45) is 7.85. The number of benzene rings is 1. The molecule has 0 fully saturated rings. The molecule has 2 heterocycles. The van der Waals surface area contributed by atoms with Crippen LogP contribution in [0.3, 0.4) is 0 Å². The van der Waals surface area contributed by atoms with Crippen LogP contribution in [-0.4, -0.2) is 17.0 Å². The highest BCUT2D eigenvalue weighted by molar-refractivity contribution is 5.94. The molecule has 2 aromatic heterocycles. The van der Waals surface area contributed by atoms with Crippen molar-refractivity contribution in [2.24, 2.45) is 0 Å². The summed E-state index contributed by atoms with van der Waals surface area (Å²) in [4.78, 5) is 7.14. The molecule has 2 N–H and O–H groups in total. The molecule has 5 heteroatoms. The zero-order chi connectivity index (χ0) is 25.8. The summed E-state index contributed by atoms with van der Waals surface area (Å²) < 4.78 is 27.5. The van der Waals surface area contributed by atoms with Crippen LogP contribution < -0.4 is 5.32 Å². The number of nitrogens with one attached hydrogen (secondary N) is 2. The van der Waals surface area contributed by atoms with E-state index in [4.69, 9.17) is 0 Å². The molecule has 0 aliphatic heterocycles. The summed E-state index contributed by atoms with van der Waals surface area (Å²) in [7, 11) is 1.88. The molecular weight excluding hydrogens is 428 g/mol. The maximum absolute atomic E-state index is 14.6. The first-order chi connectivity index (χ1) is 16.2. The molecule has 0 atom stereocenters. The molecule has 3 aromatic rings. The van der Waals surface area contributed by atoms with Crippen molar-refractivity contribution in [1.29, 1.82) is 0 Å². The van der Waals surface area contributed by atoms with Crippen LogP contribution >= 0.6 is 0 Å². The van der Waals surface area contributed by atoms with Gasteiger partial charge in [0.2, 0.25) is 0 Å². The molecule has 0 bridgehead atoms. The fourth-order valence-electron chi connectivity index (χ4n) is 3.81. The molecule has 3 nitrogen and oxygen atoms in total. The molecule has 0 aliphatic carbocycles. The Bertz CT molecular complexity index is 1060. The summed E-state index contributed by atoms with van der Waals surface area (Å²) in [6, 6.07) is 5.14. The standard InChI is InChI=1S/C18H25FN2.C9H12FN.C2H6/c1-5-7-8-13(6-2)18(20-4)16-14-9-10-21-17(14)12(3)11-15(16)19;1-6(2)8-4-9(10)7(3)11-5-8;1-2/h9-11,20-21H,5-8H2,1-4H3;4-6H,1-3H3;1-2H3/b18-13-;;. The van der Waals surface area contributed by atoms with E-state index in [0.29, 0.717) is 17.2 Å². The summed E-state index contributed by atoms with van der Waals surface area (Å²) in [6.45, 7) is 16.0. The fraction of sp³-hybridized carbons (Fsp3) is 0.483. The first-order valence-electron chi connectivity index (χ1n) is 12.5. The molecule has 0 saturated carbocycles. The van der Waals surface area contributed by atoms with Crippen LogP contribution in [0.15, 0.2) is 36.2 Å². The quantitative estimate of drug-likeness (QED) is 0.361. The fourth-order valence-corrected chi connectivity index (χ4v) is 3.81. The predicted octanol–water partition coefficient (Wildman–Crippen LogP) is 8.82. The summed E-state index contributed by atoms with van der Waals surface area (Å²) in [5.41, 5.74) is 6.33. The number of fused-ring (bicyclic) bond motifs is 1. The Balaban J connectivity index is 0.000000374. The van der Waals surface area contributed by atoms with E-state index >= 15 is 0 Å². The largest absolute Gasteiger partial charge is 0.388 e. The van der Waals surface area contributed by atoms with Gasteiger partial charge in [0.15, 0.2) is 0 Å². The third-order valence-corrected chi connectivity index (χ3v) is 5.82. The van der Waals surface area contributed by atoms with Gasteiger partial charge in [0.1, 0.15) is 11.6 Å². The minimum absolute atomic E-state index is 0.147. The molecule has 0 aliphatic rings. The number of nitrogens with zero attached hydrogens (tertiary/aromatic N) is 1. The van der Waals surface area contributed by atoms with Gasteiger partial charge in [-0.15, -0.1) is 0 Å². The lowest BCUT2D eigenvalue weighted by molar-refractivity contribution is 0.604. The molecule has 34 heavy (non-hydrogen) atoms. The minimum atomic E-state index is -0.212. The molecule has 0 saturated heterocycles. The number of unbranched alkanes of at least 4 members (excludes halogenated alkanes) is 1. The van der Waals surface area contributed by atoms with Crippen molar-refractivity contribution in [1.82, 2.24) is 15.3 Å². The Morgan fingerprint density at radius 3 is 2.29 bits per heavy atom. The number of halogens is 2. The highest BCUT2D eigenvalue weighted by atomic mass is 19.1. The number of aryl methyl sites for hydroxylation is 2. The highest BCUT2D eigenvalue weighted by Crippen LogP contribution is 2.32. The van der Waals surface area contributed by atoms with Gasteiger partial charge in [-0.25, -0.2) is 8.78 Å². The highest BCUT2D eigenvalue weighted by Gasteiger charge is 2.17. The Labute approximate surface area is 205 Å². The van der Waals surface area contributed by atoms with E-state index in [9.17, 15) is 8.78 Å². The second-order valence-corrected chi connectivity index (χ2v) is 8.49. The van der Waals surface area contributed by atoms with Gasteiger partial charge in [-0.2, -0.15) is 0 Å². The lowest BCUT2D eigenvalue weighted by Gasteiger charge is -2.17. The van der Waals surface area contributed by atoms with Crippen molar-refractivity contribution >= 4 is 16.6 Å². The predicted molar refractivity (Wildman–Crippen MR) is 143 cm³/mol. The van der Waals surface area contributed by atoms with Crippen LogP contribution in [0, 0.1) is 25.5 Å². The van der Waals surface area contributed by atoms with Crippen molar-refractivity contribution in [2.75, 3.05) is 7.05 Å². The van der Waals surface area contributed by atoms with Crippen molar-refractivity contribution in [2.45, 2.75) is 87.0 Å². The Morgan fingerprint density at radius 2 is 1.76 bits per heavy atom. The number of hydrogen-bond donors (Lipinski definition) is 2. The van der Waals surface area contributed by atoms with E-state index in [-0.39, 0.29) is 11.6 Å². The van der Waals surface area contributed by atoms with Gasteiger partial charge < -0.3 is 10.3 Å². The number of pyridine rings is 1. The van der Waals surface area contributed by atoms with E-state index in [1.165, 1.54) is 5.57 Å². The van der Waals surface area contributed by atoms with Gasteiger partial charge in [0, 0.05) is 41.6 Å². The van der Waals surface area contributed by atoms with Crippen molar-refractivity contribution in [3.05, 3.63) is 70.2 Å². The van der Waals surface area contributed by atoms with Gasteiger partial charge >= 0.3 is 0 Å². The number of aromatic amines is 1. The van der Waals surface area contributed by atoms with Crippen LogP contribution in [0.25, 0.3) is 16.6 Å². The first-order valence-corrected chi connectivity index (χ1v) is 12.5. The topological polar surface area (TPSA) is 40.7 Å². The number of aromatic nitrogens is 2. The van der Waals surface area contributed by atoms with Crippen LogP contribution in [0.2, 0.25) is 0 Å². The van der Waals surface area contributed by atoms with Crippen LogP contribution in [-0.2, 0) is 0 Å². The van der Waals surface area contributed by atoms with E-state index < -0.39 is 0 Å². The Kier molecular flexibility index (Phi) is 12.6. The zero-order valence-corrected chi connectivity index (χ0v) is 22.5. The lowest BCUT2D eigenvalue weighted by Crippen LogP contribution is -2.11. The lowest BCUT2D eigenvalue weighted by atomic mass is 9.96. The molecule has 0 unspecified atom stereocenters. The van der Waals surface area contributed by atoms with Gasteiger partial charge in [-0.3, -0.25) is 4.98 Å². The maximum Gasteiger partial charge on any atom is 0.144 e. The second-order valence-electron chi connectivity index (χ2n) is 8.49. The second kappa shape index (κ2) is 14.5. The van der Waals surface area contributed by atoms with E-state index in [0.717, 1.165) is 53.4 Å². The Hall–Kier alpha value is -2.69. The van der Waals surface area contributed by atoms with Crippen LogP contribution in [0.4, 0.5) is 8.78 Å². The number of allylic oxidation sites excluding steroid dienone is 1. The first kappa shape index (κ1) is 29.3. The smallest absolute Gasteiger partial charge is 0.144 e. The average molecular weight is 472 g/mol. The SMILES string of the molecule is CC.CCCC/C(CC)=C(\NC)c1c(F)cc(C)c2[nH]ccc12.Cc1ncc(C(C)C)cc1F. The molecule has 3 rings (SSSR count). The van der Waals surface area contributed by atoms with Gasteiger partial charge in [-0.1, -0.05) is 48.0 Å². The molecule has 0 radical (unpaired) electrons. The summed E-state index contributed by atoms with van der Waals surface area (Å²) >= 11 is 0. The normalized spacial score (nSPS) is 11.4. The summed E-state index contributed by atoms with van der Waals surface area (Å²) in [5.74, 6) is -0.0137. The summed E-state index contributed by atoms with van der Waals surface area (Å²) in [5, 5.41) is 4.20. The van der Waals surface area contributed by atoms with Crippen molar-refractivity contribution in [3.63, 3.8) is 0 Å². The van der Waals surface area contributed by atoms with Gasteiger partial charge in [0.05, 0.1) is 5.69 Å². The van der Waals surface area contributed by atoms with E-state index in [1.54, 1.807) is 25.3 Å². The number of rotatable bonds is 7. The van der Waals surface area contributed by atoms with Gasteiger partial charge in [-0.05, 0) is 73.9 Å². The number of H-pyrrole nitrogens is 1. The molecule has 0 amide bonds. The molecule has 0 spiro atoms. The van der Waals surface area contributed by atoms with Crippen LogP contribution in [0.1, 0.15) is 95.5 Å². The third-order valence-electron chi connectivity index (χ3n) is 5.82. The Morgan fingerprint density at radius 1 is 1.09 bits per heavy atom. The minimum Gasteiger partial charge on any atom is -0.388 e. The molecule has 1 aromatic carbocycles. The molecular formula is C29H43F2N3. The third kappa shape index (κ3) is 7.41. The van der Waals surface area contributed by atoms with Crippen LogP contribution in [0.5, 0.6) is 0 Å². The van der Waals surface area contributed by atoms with Crippen molar-refractivity contribution < 1.29 is 8.78 Å². The van der Waals surface area contributed by atoms with E-state index in [1.807, 2.05) is 53.9 Å². The molecule has 188 valence electrons. The zero-order valence-electron chi connectivity index (χ0n) is 22.5. The van der Waals surface area contributed by atoms with E-state index in [2.05, 4.69) is 29.1 Å². The maximum atomic E-state index is 14.6. The number of hydrogen-bond acceptors (Lipinski definition) is 2.